The molecule has 0 spiro atoms. The summed E-state index contributed by atoms with van der Waals surface area (Å²) in [4.78, 5) is 40.3. The van der Waals surface area contributed by atoms with Crippen molar-refractivity contribution in [2.45, 2.75) is 18.4 Å². The first kappa shape index (κ1) is 16.6. The molecule has 1 saturated heterocycles. The van der Waals surface area contributed by atoms with Gasteiger partial charge < -0.3 is 29.9 Å². The molecule has 108 valence electrons. The van der Waals surface area contributed by atoms with Gasteiger partial charge in [-0.25, -0.2) is 9.59 Å². The van der Waals surface area contributed by atoms with Crippen molar-refractivity contribution in [2.75, 3.05) is 13.2 Å². The van der Waals surface area contributed by atoms with Crippen molar-refractivity contribution in [1.29, 1.82) is 0 Å². The highest BCUT2D eigenvalue weighted by Gasteiger charge is 2.40. The lowest BCUT2D eigenvalue weighted by Crippen LogP contribution is -2.42. The van der Waals surface area contributed by atoms with Crippen molar-refractivity contribution >= 4 is 24.1 Å². The van der Waals surface area contributed by atoms with Gasteiger partial charge in [-0.15, -0.1) is 0 Å². The molecule has 10 heteroatoms. The fourth-order valence-corrected chi connectivity index (χ4v) is 1.01. The number of hydrogen-bond acceptors (Lipinski definition) is 7. The van der Waals surface area contributed by atoms with Crippen molar-refractivity contribution in [3.63, 3.8) is 0 Å². The molecule has 0 bridgehead atoms. The summed E-state index contributed by atoms with van der Waals surface area (Å²) >= 11 is 0. The highest BCUT2D eigenvalue weighted by molar-refractivity contribution is 5.88. The Kier molecular flexibility index (Phi) is 6.27. The lowest BCUT2D eigenvalue weighted by Gasteiger charge is -2.18. The van der Waals surface area contributed by atoms with Crippen molar-refractivity contribution in [3.05, 3.63) is 0 Å². The van der Waals surface area contributed by atoms with Gasteiger partial charge >= 0.3 is 24.1 Å². The topological polar surface area (TPSA) is 168 Å². The van der Waals surface area contributed by atoms with E-state index in [-0.39, 0.29) is 0 Å². The van der Waals surface area contributed by atoms with E-state index in [0.717, 1.165) is 0 Å². The molecule has 1 aliphatic rings. The van der Waals surface area contributed by atoms with E-state index in [1.54, 1.807) is 0 Å². The van der Waals surface area contributed by atoms with Gasteiger partial charge in [-0.05, 0) is 0 Å². The van der Waals surface area contributed by atoms with E-state index in [2.05, 4.69) is 9.47 Å². The minimum atomic E-state index is -2.74. The van der Waals surface area contributed by atoms with Gasteiger partial charge in [0.2, 0.25) is 0 Å². The first-order valence-corrected chi connectivity index (χ1v) is 4.86. The molecule has 1 rings (SSSR count). The first-order chi connectivity index (χ1) is 8.67. The molecule has 0 atom stereocenters. The third-order valence-corrected chi connectivity index (χ3v) is 1.81. The highest BCUT2D eigenvalue weighted by Crippen LogP contribution is 2.15. The molecule has 19 heavy (non-hydrogen) atoms. The summed E-state index contributed by atoms with van der Waals surface area (Å²) in [6.45, 7) is 0.831. The summed E-state index contributed by atoms with van der Waals surface area (Å²) in [5, 5.41) is 33.8. The normalized spacial score (nSPS) is 13.6. The lowest BCUT2D eigenvalue weighted by atomic mass is 9.96. The number of carboxylic acids is 3. The quantitative estimate of drug-likeness (QED) is 0.454. The average Bonchev–Trinajstić information content (AvgIpc) is 2.67. The standard InChI is InChI=1S/C6H8O7.C3H4O3/c7-3(8)1-6(13,5(11)12)2-4(9)10;4-3-5-1-2-6-3/h13H,1-2H2,(H,7,8)(H,9,10)(H,11,12);1-2H2. The molecule has 10 nitrogen and oxygen atoms in total. The number of carbonyl (C=O) groups is 4. The van der Waals surface area contributed by atoms with E-state index in [1.165, 1.54) is 0 Å². The molecule has 4 N–H and O–H groups in total. The second-order valence-corrected chi connectivity index (χ2v) is 3.42. The molecule has 1 fully saturated rings. The molecule has 0 aromatic carbocycles. The molecule has 0 unspecified atom stereocenters. The Labute approximate surface area is 106 Å². The van der Waals surface area contributed by atoms with Gasteiger partial charge in [-0.1, -0.05) is 0 Å². The van der Waals surface area contributed by atoms with Gasteiger partial charge in [0.05, 0.1) is 12.8 Å². The number of cyclic esters (lactones) is 2. The maximum absolute atomic E-state index is 10.3. The number of aliphatic hydroxyl groups is 1. The van der Waals surface area contributed by atoms with Crippen LogP contribution in [0.1, 0.15) is 12.8 Å². The zero-order chi connectivity index (χ0) is 15.1. The summed E-state index contributed by atoms with van der Waals surface area (Å²) in [5.74, 6) is -5.02. The fraction of sp³-hybridized carbons (Fsp3) is 0.556. The number of ether oxygens (including phenoxy) is 2. The van der Waals surface area contributed by atoms with Crippen molar-refractivity contribution < 1.29 is 49.1 Å². The van der Waals surface area contributed by atoms with Crippen LogP contribution in [-0.4, -0.2) is 63.3 Å². The molecule has 0 radical (unpaired) electrons. The molecular weight excluding hydrogens is 268 g/mol. The second kappa shape index (κ2) is 7.16. The number of hydrogen-bond donors (Lipinski definition) is 4. The average molecular weight is 280 g/mol. The van der Waals surface area contributed by atoms with Gasteiger partial charge in [-0.2, -0.15) is 0 Å². The zero-order valence-electron chi connectivity index (χ0n) is 9.57. The minimum Gasteiger partial charge on any atom is -0.481 e. The van der Waals surface area contributed by atoms with Crippen LogP contribution in [0.5, 0.6) is 0 Å². The van der Waals surface area contributed by atoms with Crippen molar-refractivity contribution in [3.8, 4) is 0 Å². The molecule has 0 aromatic heterocycles. The molecule has 1 heterocycles. The zero-order valence-corrected chi connectivity index (χ0v) is 9.57. The highest BCUT2D eigenvalue weighted by atomic mass is 16.8. The Morgan fingerprint density at radius 3 is 1.53 bits per heavy atom. The third kappa shape index (κ3) is 6.83. The number of aliphatic carboxylic acids is 3. The number of rotatable bonds is 5. The SMILES string of the molecule is O=C(O)CC(O)(CC(=O)O)C(=O)O.O=C1OCCO1. The summed E-state index contributed by atoms with van der Waals surface area (Å²) in [7, 11) is 0. The van der Waals surface area contributed by atoms with Crippen LogP contribution in [0.4, 0.5) is 4.79 Å². The summed E-state index contributed by atoms with van der Waals surface area (Å²) in [6, 6.07) is 0. The molecule has 0 saturated carbocycles. The summed E-state index contributed by atoms with van der Waals surface area (Å²) in [5.41, 5.74) is -2.74. The van der Waals surface area contributed by atoms with Crippen LogP contribution in [0.25, 0.3) is 0 Å². The third-order valence-electron chi connectivity index (χ3n) is 1.81. The van der Waals surface area contributed by atoms with Crippen molar-refractivity contribution in [1.82, 2.24) is 0 Å². The second-order valence-electron chi connectivity index (χ2n) is 3.42. The van der Waals surface area contributed by atoms with Crippen LogP contribution >= 0.6 is 0 Å². The predicted octanol–water partition coefficient (Wildman–Crippen LogP) is -1.10. The van der Waals surface area contributed by atoms with Gasteiger partial charge in [-0.3, -0.25) is 9.59 Å². The van der Waals surface area contributed by atoms with Crippen LogP contribution in [-0.2, 0) is 23.9 Å². The largest absolute Gasteiger partial charge is 0.508 e. The van der Waals surface area contributed by atoms with E-state index in [0.29, 0.717) is 13.2 Å². The first-order valence-electron chi connectivity index (χ1n) is 4.86. The molecule has 1 aliphatic heterocycles. The molecule has 0 aliphatic carbocycles. The number of carbonyl (C=O) groups excluding carboxylic acids is 1. The monoisotopic (exact) mass is 280 g/mol. The van der Waals surface area contributed by atoms with Crippen LogP contribution in [0.2, 0.25) is 0 Å². The fourth-order valence-electron chi connectivity index (χ4n) is 1.01. The maximum Gasteiger partial charge on any atom is 0.508 e. The predicted molar refractivity (Wildman–Crippen MR) is 54.4 cm³/mol. The van der Waals surface area contributed by atoms with Gasteiger partial charge in [0, 0.05) is 0 Å². The summed E-state index contributed by atoms with van der Waals surface area (Å²) < 4.78 is 8.58. The maximum atomic E-state index is 10.3. The van der Waals surface area contributed by atoms with E-state index >= 15 is 0 Å². The van der Waals surface area contributed by atoms with E-state index in [4.69, 9.17) is 20.4 Å². The van der Waals surface area contributed by atoms with E-state index in [1.807, 2.05) is 0 Å². The van der Waals surface area contributed by atoms with Crippen LogP contribution in [0.3, 0.4) is 0 Å². The van der Waals surface area contributed by atoms with Crippen molar-refractivity contribution in [2.24, 2.45) is 0 Å². The van der Waals surface area contributed by atoms with E-state index < -0.39 is 42.5 Å². The Bertz CT molecular complexity index is 349. The van der Waals surface area contributed by atoms with Crippen LogP contribution < -0.4 is 0 Å². The molecular formula is C9H12O10. The Morgan fingerprint density at radius 1 is 1.00 bits per heavy atom. The Hall–Kier alpha value is -2.36. The van der Waals surface area contributed by atoms with Gasteiger partial charge in [0.25, 0.3) is 0 Å². The Morgan fingerprint density at radius 2 is 1.37 bits per heavy atom. The number of carboxylic acid groups (broad SMARTS) is 3. The molecule has 0 aromatic rings. The van der Waals surface area contributed by atoms with E-state index in [9.17, 15) is 19.2 Å². The summed E-state index contributed by atoms with van der Waals surface area (Å²) in [6.07, 6.45) is -2.83. The van der Waals surface area contributed by atoms with Crippen LogP contribution in [0, 0.1) is 0 Å². The lowest BCUT2D eigenvalue weighted by molar-refractivity contribution is -0.170. The Balaban J connectivity index is 0.000000443. The van der Waals surface area contributed by atoms with Gasteiger partial charge in [0.1, 0.15) is 13.2 Å². The minimum absolute atomic E-state index is 0.416. The van der Waals surface area contributed by atoms with Crippen LogP contribution in [0.15, 0.2) is 0 Å². The molecule has 0 amide bonds. The smallest absolute Gasteiger partial charge is 0.481 e. The van der Waals surface area contributed by atoms with Gasteiger partial charge in [0.15, 0.2) is 5.60 Å².